The lowest BCUT2D eigenvalue weighted by atomic mass is 9.88. The molecule has 182 valence electrons. The Bertz CT molecular complexity index is 1130. The van der Waals surface area contributed by atoms with Gasteiger partial charge in [-0.25, -0.2) is 4.79 Å². The topological polar surface area (TPSA) is 80.3 Å². The number of methoxy groups -OCH3 is 3. The Morgan fingerprint density at radius 2 is 1.79 bits per heavy atom. The molecule has 0 aromatic heterocycles. The monoisotopic (exact) mass is 533 g/mol. The van der Waals surface area contributed by atoms with Crippen LogP contribution in [0.25, 0.3) is 6.08 Å². The summed E-state index contributed by atoms with van der Waals surface area (Å²) in [5.41, 5.74) is 3.00. The fraction of sp³-hybridized carbons (Fsp3) is 0.360. The van der Waals surface area contributed by atoms with Crippen molar-refractivity contribution in [1.29, 1.82) is 0 Å². The van der Waals surface area contributed by atoms with Crippen LogP contribution in [0.3, 0.4) is 0 Å². The fourth-order valence-electron chi connectivity index (χ4n) is 4.52. The summed E-state index contributed by atoms with van der Waals surface area (Å²) < 4.78 is 27.8. The van der Waals surface area contributed by atoms with Crippen LogP contribution in [0.4, 0.5) is 0 Å². The first-order chi connectivity index (χ1) is 15.9. The predicted molar refractivity (Wildman–Crippen MR) is 121 cm³/mol. The molecule has 0 amide bonds. The summed E-state index contributed by atoms with van der Waals surface area (Å²) in [6.07, 6.45) is 3.85. The van der Waals surface area contributed by atoms with Crippen molar-refractivity contribution in [2.75, 3.05) is 48.3 Å². The zero-order chi connectivity index (χ0) is 23.6. The molecule has 2 aliphatic rings. The summed E-state index contributed by atoms with van der Waals surface area (Å²) in [7, 11) is 6.54. The molecule has 2 aromatic rings. The van der Waals surface area contributed by atoms with Crippen LogP contribution in [0.15, 0.2) is 30.3 Å². The minimum Gasteiger partial charge on any atom is -1.00 e. The van der Waals surface area contributed by atoms with Crippen molar-refractivity contribution in [1.82, 2.24) is 0 Å². The zero-order valence-electron chi connectivity index (χ0n) is 19.7. The second kappa shape index (κ2) is 10.5. The summed E-state index contributed by atoms with van der Waals surface area (Å²) in [5, 5.41) is 0. The highest BCUT2D eigenvalue weighted by atomic mass is 79.9. The molecule has 0 spiro atoms. The first kappa shape index (κ1) is 25.6. The van der Waals surface area contributed by atoms with Crippen LogP contribution < -0.4 is 35.9 Å². The molecule has 0 fully saturated rings. The number of likely N-dealkylation sites (N-methyl/N-ethyl adjacent to an activating group) is 1. The number of hydrogen-bond acceptors (Lipinski definition) is 7. The Morgan fingerprint density at radius 1 is 1.06 bits per heavy atom. The maximum absolute atomic E-state index is 13.5. The van der Waals surface area contributed by atoms with Gasteiger partial charge in [-0.1, -0.05) is 18.2 Å². The molecule has 0 saturated carbocycles. The van der Waals surface area contributed by atoms with Crippen LogP contribution in [-0.4, -0.2) is 64.5 Å². The van der Waals surface area contributed by atoms with E-state index in [0.717, 1.165) is 16.7 Å². The van der Waals surface area contributed by atoms with E-state index < -0.39 is 0 Å². The van der Waals surface area contributed by atoms with Gasteiger partial charge in [0.15, 0.2) is 23.8 Å². The van der Waals surface area contributed by atoms with Gasteiger partial charge in [-0.05, 0) is 23.8 Å². The lowest BCUT2D eigenvalue weighted by Gasteiger charge is -2.38. The molecular formula is C25H28BrNO7. The second-order valence-electron chi connectivity index (χ2n) is 8.36. The normalized spacial score (nSPS) is 18.1. The third kappa shape index (κ3) is 4.76. The molecule has 0 N–H and O–H groups in total. The van der Waals surface area contributed by atoms with Gasteiger partial charge < -0.3 is 45.1 Å². The third-order valence-electron chi connectivity index (χ3n) is 6.17. The van der Waals surface area contributed by atoms with E-state index >= 15 is 0 Å². The number of nitrogens with zero attached hydrogens (tertiary/aromatic N) is 1. The Kier molecular flexibility index (Phi) is 7.89. The van der Waals surface area contributed by atoms with Crippen molar-refractivity contribution in [2.24, 2.45) is 0 Å². The van der Waals surface area contributed by atoms with Gasteiger partial charge in [0.1, 0.15) is 12.3 Å². The van der Waals surface area contributed by atoms with Crippen LogP contribution >= 0.6 is 0 Å². The van der Waals surface area contributed by atoms with Crippen molar-refractivity contribution in [3.05, 3.63) is 52.6 Å². The van der Waals surface area contributed by atoms with Gasteiger partial charge in [0.05, 0.1) is 46.0 Å². The van der Waals surface area contributed by atoms with Gasteiger partial charge in [-0.2, -0.15) is 0 Å². The van der Waals surface area contributed by atoms with E-state index in [1.54, 1.807) is 20.3 Å². The number of esters is 1. The van der Waals surface area contributed by atoms with Crippen LogP contribution in [0, 0.1) is 0 Å². The van der Waals surface area contributed by atoms with Gasteiger partial charge in [0.2, 0.25) is 12.5 Å². The van der Waals surface area contributed by atoms with E-state index in [0.29, 0.717) is 52.6 Å². The molecule has 0 saturated heterocycles. The highest BCUT2D eigenvalue weighted by molar-refractivity contribution is 6.11. The minimum atomic E-state index is -0.281. The molecule has 9 heteroatoms. The molecule has 0 bridgehead atoms. The van der Waals surface area contributed by atoms with Crippen molar-refractivity contribution >= 4 is 17.8 Å². The van der Waals surface area contributed by atoms with Gasteiger partial charge >= 0.3 is 5.97 Å². The number of quaternary nitrogens is 1. The van der Waals surface area contributed by atoms with E-state index in [9.17, 15) is 9.59 Å². The molecule has 8 nitrogen and oxygen atoms in total. The first-order valence-corrected chi connectivity index (χ1v) is 10.7. The predicted octanol–water partition coefficient (Wildman–Crippen LogP) is 0.00830. The average Bonchev–Trinajstić information content (AvgIpc) is 3.30. The summed E-state index contributed by atoms with van der Waals surface area (Å²) >= 11 is 0. The molecule has 0 radical (unpaired) electrons. The number of ketones is 1. The maximum Gasteiger partial charge on any atom is 0.361 e. The Hall–Kier alpha value is -3.04. The van der Waals surface area contributed by atoms with Crippen molar-refractivity contribution in [3.8, 4) is 23.0 Å². The third-order valence-corrected chi connectivity index (χ3v) is 6.17. The molecule has 2 aliphatic heterocycles. The van der Waals surface area contributed by atoms with Gasteiger partial charge in [0, 0.05) is 12.0 Å². The average molecular weight is 534 g/mol. The van der Waals surface area contributed by atoms with Crippen molar-refractivity contribution in [2.45, 2.75) is 13.0 Å². The number of halogens is 1. The molecule has 2 heterocycles. The molecular weight excluding hydrogens is 506 g/mol. The number of ether oxygens (including phenoxy) is 5. The standard InChI is InChI=1S/C25H28NO7.BrH/c1-26(14-21(28)30-3)12-11-17-18(13-26)23(31-4)25-24(32-15-33-25)22(17)19(27)10-9-16-7-5-6-8-20(16)29-2;/h5-10H,11-15H2,1-4H3;1H/q+1;/p-1. The first-order valence-electron chi connectivity index (χ1n) is 10.7. The highest BCUT2D eigenvalue weighted by Gasteiger charge is 2.40. The van der Waals surface area contributed by atoms with Crippen molar-refractivity contribution < 1.29 is 54.7 Å². The number of benzene rings is 2. The van der Waals surface area contributed by atoms with E-state index in [-0.39, 0.29) is 42.1 Å². The summed E-state index contributed by atoms with van der Waals surface area (Å²) in [4.78, 5) is 25.5. The number of rotatable bonds is 7. The number of allylic oxidation sites excluding steroid dienone is 1. The number of fused-ring (bicyclic) bond motifs is 2. The van der Waals surface area contributed by atoms with Crippen LogP contribution in [0.1, 0.15) is 27.0 Å². The summed E-state index contributed by atoms with van der Waals surface area (Å²) in [5.74, 6) is 1.60. The van der Waals surface area contributed by atoms with E-state index in [1.165, 1.54) is 13.2 Å². The number of para-hydroxylation sites is 1. The zero-order valence-corrected chi connectivity index (χ0v) is 21.3. The maximum atomic E-state index is 13.5. The van der Waals surface area contributed by atoms with Crippen LogP contribution in [-0.2, 0) is 22.5 Å². The van der Waals surface area contributed by atoms with Crippen LogP contribution in [0.2, 0.25) is 0 Å². The molecule has 1 atom stereocenters. The molecule has 2 aromatic carbocycles. The van der Waals surface area contributed by atoms with E-state index in [2.05, 4.69) is 0 Å². The number of carbonyl (C=O) groups excluding carboxylic acids is 2. The largest absolute Gasteiger partial charge is 1.00 e. The van der Waals surface area contributed by atoms with Crippen molar-refractivity contribution in [3.63, 3.8) is 0 Å². The van der Waals surface area contributed by atoms with Gasteiger partial charge in [-0.3, -0.25) is 4.79 Å². The molecule has 0 aliphatic carbocycles. The summed E-state index contributed by atoms with van der Waals surface area (Å²) in [6.45, 7) is 1.41. The SMILES string of the molecule is COC(=O)C[N+]1(C)CCc2c(c(OC)c3c(c2C(=O)C=Cc2ccccc2OC)OCO3)C1.[Br-]. The van der Waals surface area contributed by atoms with E-state index in [4.69, 9.17) is 23.7 Å². The Morgan fingerprint density at radius 3 is 2.50 bits per heavy atom. The lowest BCUT2D eigenvalue weighted by molar-refractivity contribution is -0.917. The fourth-order valence-corrected chi connectivity index (χ4v) is 4.52. The van der Waals surface area contributed by atoms with Crippen LogP contribution in [0.5, 0.6) is 23.0 Å². The van der Waals surface area contributed by atoms with Gasteiger partial charge in [-0.15, -0.1) is 0 Å². The summed E-state index contributed by atoms with van der Waals surface area (Å²) in [6, 6.07) is 7.48. The Balaban J connectivity index is 0.00000324. The second-order valence-corrected chi connectivity index (χ2v) is 8.36. The Labute approximate surface area is 209 Å². The van der Waals surface area contributed by atoms with Gasteiger partial charge in [0.25, 0.3) is 0 Å². The molecule has 4 rings (SSSR count). The lowest BCUT2D eigenvalue weighted by Crippen LogP contribution is -3.00. The quantitative estimate of drug-likeness (QED) is 0.214. The van der Waals surface area contributed by atoms with E-state index in [1.807, 2.05) is 31.3 Å². The molecule has 34 heavy (non-hydrogen) atoms. The number of hydrogen-bond donors (Lipinski definition) is 0. The minimum absolute atomic E-state index is 0. The molecule has 1 unspecified atom stereocenters. The number of carbonyl (C=O) groups is 2. The highest BCUT2D eigenvalue weighted by Crippen LogP contribution is 2.50. The smallest absolute Gasteiger partial charge is 0.361 e.